The van der Waals surface area contributed by atoms with E-state index in [0.717, 1.165) is 32.5 Å². The van der Waals surface area contributed by atoms with Gasteiger partial charge in [-0.3, -0.25) is 0 Å². The van der Waals surface area contributed by atoms with Gasteiger partial charge in [0.1, 0.15) is 0 Å². The number of ether oxygens (including phenoxy) is 1. The highest BCUT2D eigenvalue weighted by atomic mass is 16.5. The summed E-state index contributed by atoms with van der Waals surface area (Å²) in [5, 5.41) is 9.99. The molecule has 0 aliphatic heterocycles. The summed E-state index contributed by atoms with van der Waals surface area (Å²) in [5.74, 6) is 0. The Bertz CT molecular complexity index is 373. The minimum Gasteiger partial charge on any atom is -0.393 e. The van der Waals surface area contributed by atoms with Gasteiger partial charge in [-0.15, -0.1) is 0 Å². The minimum atomic E-state index is -0.232. The largest absolute Gasteiger partial charge is 0.393 e. The second-order valence-electron chi connectivity index (χ2n) is 5.15. The second-order valence-corrected chi connectivity index (χ2v) is 5.15. The molecule has 1 atom stereocenters. The van der Waals surface area contributed by atoms with Gasteiger partial charge >= 0.3 is 0 Å². The lowest BCUT2D eigenvalue weighted by Gasteiger charge is -2.11. The van der Waals surface area contributed by atoms with Gasteiger partial charge in [-0.25, -0.2) is 0 Å². The van der Waals surface area contributed by atoms with E-state index in [1.165, 1.54) is 36.0 Å². The molecule has 0 spiro atoms. The molecule has 2 rings (SSSR count). The maximum Gasteiger partial charge on any atom is 0.0581 e. The molecule has 1 aliphatic carbocycles. The van der Waals surface area contributed by atoms with E-state index in [-0.39, 0.29) is 6.10 Å². The van der Waals surface area contributed by atoms with E-state index >= 15 is 0 Å². The zero-order valence-electron chi connectivity index (χ0n) is 11.3. The molecule has 1 unspecified atom stereocenters. The van der Waals surface area contributed by atoms with E-state index in [4.69, 9.17) is 4.74 Å². The van der Waals surface area contributed by atoms with Crippen molar-refractivity contribution in [2.24, 2.45) is 0 Å². The summed E-state index contributed by atoms with van der Waals surface area (Å²) in [4.78, 5) is 0. The van der Waals surface area contributed by atoms with E-state index in [1.807, 2.05) is 6.92 Å². The molecule has 18 heavy (non-hydrogen) atoms. The summed E-state index contributed by atoms with van der Waals surface area (Å²) in [6, 6.07) is 6.70. The number of benzene rings is 1. The van der Waals surface area contributed by atoms with Crippen LogP contribution in [0.5, 0.6) is 0 Å². The molecule has 0 radical (unpaired) electrons. The van der Waals surface area contributed by atoms with Gasteiger partial charge < -0.3 is 9.84 Å². The molecule has 0 bridgehead atoms. The van der Waals surface area contributed by atoms with Gasteiger partial charge in [0, 0.05) is 13.2 Å². The van der Waals surface area contributed by atoms with E-state index < -0.39 is 0 Å². The van der Waals surface area contributed by atoms with Crippen molar-refractivity contribution in [3.05, 3.63) is 34.9 Å². The fourth-order valence-electron chi connectivity index (χ4n) is 2.69. The third kappa shape index (κ3) is 3.82. The van der Waals surface area contributed by atoms with Gasteiger partial charge in [-0.1, -0.05) is 18.2 Å². The lowest BCUT2D eigenvalue weighted by molar-refractivity contribution is 0.114. The zero-order valence-corrected chi connectivity index (χ0v) is 11.3. The van der Waals surface area contributed by atoms with Crippen LogP contribution in [0.15, 0.2) is 18.2 Å². The van der Waals surface area contributed by atoms with Crippen molar-refractivity contribution in [3.63, 3.8) is 0 Å². The van der Waals surface area contributed by atoms with Crippen LogP contribution in [0.3, 0.4) is 0 Å². The third-order valence-corrected chi connectivity index (χ3v) is 3.66. The number of hydrogen-bond acceptors (Lipinski definition) is 2. The molecule has 1 aromatic rings. The average molecular weight is 248 g/mol. The maximum absolute atomic E-state index is 9.99. The average Bonchev–Trinajstić information content (AvgIpc) is 2.82. The molecule has 0 saturated heterocycles. The molecular weight excluding hydrogens is 224 g/mol. The summed E-state index contributed by atoms with van der Waals surface area (Å²) in [6.45, 7) is 3.53. The fraction of sp³-hybridized carbons (Fsp3) is 0.625. The Labute approximate surface area is 110 Å². The van der Waals surface area contributed by atoms with Crippen LogP contribution in [0.1, 0.15) is 42.9 Å². The molecule has 2 heteroatoms. The summed E-state index contributed by atoms with van der Waals surface area (Å²) < 4.78 is 5.28. The van der Waals surface area contributed by atoms with Gasteiger partial charge in [0.2, 0.25) is 0 Å². The SMILES string of the molecule is CCOCCCC(O)Cc1ccc2c(c1)CCC2. The molecular formula is C16H24O2. The van der Waals surface area contributed by atoms with Crippen LogP contribution >= 0.6 is 0 Å². The molecule has 1 aromatic carbocycles. The first-order valence-corrected chi connectivity index (χ1v) is 7.16. The predicted octanol–water partition coefficient (Wildman–Crippen LogP) is 2.90. The molecule has 2 nitrogen and oxygen atoms in total. The normalized spacial score (nSPS) is 15.7. The standard InChI is InChI=1S/C16H24O2/c1-2-18-10-4-7-16(17)12-13-8-9-14-5-3-6-15(14)11-13/h8-9,11,16-17H,2-7,10,12H2,1H3. The van der Waals surface area contributed by atoms with Crippen molar-refractivity contribution in [3.8, 4) is 0 Å². The molecule has 0 heterocycles. The first-order valence-electron chi connectivity index (χ1n) is 7.16. The lowest BCUT2D eigenvalue weighted by Crippen LogP contribution is -2.11. The smallest absolute Gasteiger partial charge is 0.0581 e. The zero-order chi connectivity index (χ0) is 12.8. The van der Waals surface area contributed by atoms with E-state index in [0.29, 0.717) is 0 Å². The Morgan fingerprint density at radius 2 is 2.11 bits per heavy atom. The van der Waals surface area contributed by atoms with E-state index in [9.17, 15) is 5.11 Å². The van der Waals surface area contributed by atoms with Gasteiger partial charge in [0.15, 0.2) is 0 Å². The number of aliphatic hydroxyl groups is 1. The molecule has 0 amide bonds. The monoisotopic (exact) mass is 248 g/mol. The number of fused-ring (bicyclic) bond motifs is 1. The molecule has 0 fully saturated rings. The van der Waals surface area contributed by atoms with Crippen LogP contribution in [0.2, 0.25) is 0 Å². The number of rotatable bonds is 7. The Hall–Kier alpha value is -0.860. The maximum atomic E-state index is 9.99. The molecule has 0 saturated carbocycles. The molecule has 1 N–H and O–H groups in total. The molecule has 1 aliphatic rings. The van der Waals surface area contributed by atoms with Crippen molar-refractivity contribution in [2.45, 2.75) is 51.6 Å². The highest BCUT2D eigenvalue weighted by Gasteiger charge is 2.12. The quantitative estimate of drug-likeness (QED) is 0.752. The Balaban J connectivity index is 1.78. The van der Waals surface area contributed by atoms with Crippen molar-refractivity contribution < 1.29 is 9.84 Å². The topological polar surface area (TPSA) is 29.5 Å². The van der Waals surface area contributed by atoms with Gasteiger partial charge in [-0.05, 0) is 62.1 Å². The Morgan fingerprint density at radius 3 is 2.94 bits per heavy atom. The second kappa shape index (κ2) is 6.91. The van der Waals surface area contributed by atoms with Crippen molar-refractivity contribution in [2.75, 3.05) is 13.2 Å². The molecule has 100 valence electrons. The van der Waals surface area contributed by atoms with Gasteiger partial charge in [-0.2, -0.15) is 0 Å². The van der Waals surface area contributed by atoms with Crippen LogP contribution in [0.25, 0.3) is 0 Å². The van der Waals surface area contributed by atoms with Crippen LogP contribution < -0.4 is 0 Å². The van der Waals surface area contributed by atoms with Crippen molar-refractivity contribution in [1.82, 2.24) is 0 Å². The third-order valence-electron chi connectivity index (χ3n) is 3.66. The van der Waals surface area contributed by atoms with Crippen molar-refractivity contribution in [1.29, 1.82) is 0 Å². The number of aliphatic hydroxyl groups excluding tert-OH is 1. The highest BCUT2D eigenvalue weighted by molar-refractivity contribution is 5.35. The molecule has 0 aromatic heterocycles. The first kappa shape index (κ1) is 13.6. The number of aryl methyl sites for hydroxylation is 2. The Kier molecular flexibility index (Phi) is 5.21. The predicted molar refractivity (Wildman–Crippen MR) is 73.9 cm³/mol. The minimum absolute atomic E-state index is 0.232. The highest BCUT2D eigenvalue weighted by Crippen LogP contribution is 2.23. The van der Waals surface area contributed by atoms with E-state index in [2.05, 4.69) is 18.2 Å². The summed E-state index contributed by atoms with van der Waals surface area (Å²) in [5.41, 5.74) is 4.28. The summed E-state index contributed by atoms with van der Waals surface area (Å²) in [6.07, 6.45) is 6.05. The summed E-state index contributed by atoms with van der Waals surface area (Å²) >= 11 is 0. The van der Waals surface area contributed by atoms with E-state index in [1.54, 1.807) is 0 Å². The Morgan fingerprint density at radius 1 is 1.28 bits per heavy atom. The van der Waals surface area contributed by atoms with Gasteiger partial charge in [0.05, 0.1) is 6.10 Å². The summed E-state index contributed by atoms with van der Waals surface area (Å²) in [7, 11) is 0. The van der Waals surface area contributed by atoms with Crippen LogP contribution in [0.4, 0.5) is 0 Å². The van der Waals surface area contributed by atoms with Crippen molar-refractivity contribution >= 4 is 0 Å². The lowest BCUT2D eigenvalue weighted by atomic mass is 10.0. The fourth-order valence-corrected chi connectivity index (χ4v) is 2.69. The number of hydrogen-bond donors (Lipinski definition) is 1. The van der Waals surface area contributed by atoms with Crippen LogP contribution in [-0.2, 0) is 24.0 Å². The van der Waals surface area contributed by atoms with Crippen LogP contribution in [-0.4, -0.2) is 24.4 Å². The van der Waals surface area contributed by atoms with Crippen LogP contribution in [0, 0.1) is 0 Å². The first-order chi connectivity index (χ1) is 8.79. The van der Waals surface area contributed by atoms with Gasteiger partial charge in [0.25, 0.3) is 0 Å².